The van der Waals surface area contributed by atoms with E-state index in [9.17, 15) is 4.79 Å². The van der Waals surface area contributed by atoms with Crippen LogP contribution >= 0.6 is 11.6 Å². The van der Waals surface area contributed by atoms with Crippen LogP contribution in [-0.2, 0) is 4.79 Å². The lowest BCUT2D eigenvalue weighted by Gasteiger charge is -1.91. The van der Waals surface area contributed by atoms with Crippen molar-refractivity contribution in [3.8, 4) is 0 Å². The maximum Gasteiger partial charge on any atom is 0.222 e. The third kappa shape index (κ3) is 3.66. The van der Waals surface area contributed by atoms with Crippen LogP contribution in [0.3, 0.4) is 0 Å². The largest absolute Gasteiger partial charge is 0.369 e. The number of primary amides is 1. The summed E-state index contributed by atoms with van der Waals surface area (Å²) in [6, 6.07) is 0. The Bertz CT molecular complexity index is 321. The van der Waals surface area contributed by atoms with E-state index < -0.39 is 0 Å². The molecule has 13 heavy (non-hydrogen) atoms. The molecule has 1 rings (SSSR count). The highest BCUT2D eigenvalue weighted by atomic mass is 35.5. The van der Waals surface area contributed by atoms with Gasteiger partial charge in [-0.2, -0.15) is 0 Å². The lowest BCUT2D eigenvalue weighted by molar-refractivity contribution is -0.117. The number of carbonyl (C=O) groups excluding carboxylic acids is 1. The van der Waals surface area contributed by atoms with E-state index in [1.165, 1.54) is 0 Å². The molecule has 5 heteroatoms. The Morgan fingerprint density at radius 2 is 2.15 bits per heavy atom. The number of rotatable bonds is 3. The van der Waals surface area contributed by atoms with E-state index in [-0.39, 0.29) is 17.6 Å². The average molecular weight is 198 g/mol. The summed E-state index contributed by atoms with van der Waals surface area (Å²) in [5, 5.41) is 0.201. The van der Waals surface area contributed by atoms with Gasteiger partial charge >= 0.3 is 0 Å². The van der Waals surface area contributed by atoms with Gasteiger partial charge in [0.15, 0.2) is 0 Å². The van der Waals surface area contributed by atoms with Crippen molar-refractivity contribution >= 4 is 23.6 Å². The maximum atomic E-state index is 10.4. The summed E-state index contributed by atoms with van der Waals surface area (Å²) in [6.07, 6.45) is 6.69. The van der Waals surface area contributed by atoms with Crippen LogP contribution in [0, 0.1) is 0 Å². The van der Waals surface area contributed by atoms with E-state index in [0.29, 0.717) is 0 Å². The molecule has 0 radical (unpaired) electrons. The molecular formula is C8H8ClN3O. The number of hydrogen-bond donors (Lipinski definition) is 1. The van der Waals surface area contributed by atoms with Gasteiger partial charge in [0, 0.05) is 24.4 Å². The van der Waals surface area contributed by atoms with Crippen molar-refractivity contribution in [3.05, 3.63) is 29.3 Å². The second-order valence-electron chi connectivity index (χ2n) is 2.36. The number of nitrogens with zero attached hydrogens (tertiary/aromatic N) is 2. The molecule has 2 N–H and O–H groups in total. The predicted molar refractivity (Wildman–Crippen MR) is 49.9 cm³/mol. The van der Waals surface area contributed by atoms with Gasteiger partial charge in [0.2, 0.25) is 11.2 Å². The molecule has 0 saturated carbocycles. The second-order valence-corrected chi connectivity index (χ2v) is 2.70. The van der Waals surface area contributed by atoms with E-state index in [1.54, 1.807) is 24.5 Å². The van der Waals surface area contributed by atoms with Gasteiger partial charge in [0.25, 0.3) is 0 Å². The van der Waals surface area contributed by atoms with Crippen molar-refractivity contribution in [1.29, 1.82) is 0 Å². The molecule has 0 bridgehead atoms. The molecule has 0 spiro atoms. The van der Waals surface area contributed by atoms with Crippen LogP contribution in [-0.4, -0.2) is 15.9 Å². The molecule has 0 aliphatic rings. The lowest BCUT2D eigenvalue weighted by atomic mass is 10.3. The molecular weight excluding hydrogens is 190 g/mol. The highest BCUT2D eigenvalue weighted by molar-refractivity contribution is 6.28. The Morgan fingerprint density at radius 1 is 1.54 bits per heavy atom. The smallest absolute Gasteiger partial charge is 0.222 e. The number of hydrogen-bond acceptors (Lipinski definition) is 3. The van der Waals surface area contributed by atoms with Gasteiger partial charge in [-0.15, -0.1) is 0 Å². The highest BCUT2D eigenvalue weighted by Crippen LogP contribution is 2.02. The topological polar surface area (TPSA) is 68.9 Å². The highest BCUT2D eigenvalue weighted by Gasteiger charge is 1.91. The summed E-state index contributed by atoms with van der Waals surface area (Å²) < 4.78 is 0. The Kier molecular flexibility index (Phi) is 3.40. The van der Waals surface area contributed by atoms with Crippen molar-refractivity contribution in [2.24, 2.45) is 5.73 Å². The molecule has 0 atom stereocenters. The molecule has 4 nitrogen and oxygen atoms in total. The first-order valence-corrected chi connectivity index (χ1v) is 3.98. The van der Waals surface area contributed by atoms with Gasteiger partial charge in [-0.3, -0.25) is 4.79 Å². The van der Waals surface area contributed by atoms with Crippen LogP contribution in [0.25, 0.3) is 6.08 Å². The fourth-order valence-corrected chi connectivity index (χ4v) is 0.817. The summed E-state index contributed by atoms with van der Waals surface area (Å²) in [4.78, 5) is 17.9. The minimum Gasteiger partial charge on any atom is -0.369 e. The third-order valence-electron chi connectivity index (χ3n) is 1.27. The van der Waals surface area contributed by atoms with Crippen LogP contribution in [0.15, 0.2) is 18.5 Å². The van der Waals surface area contributed by atoms with Gasteiger partial charge in [-0.25, -0.2) is 9.97 Å². The van der Waals surface area contributed by atoms with E-state index in [4.69, 9.17) is 17.3 Å². The van der Waals surface area contributed by atoms with Crippen molar-refractivity contribution in [2.75, 3.05) is 0 Å². The second kappa shape index (κ2) is 4.57. The maximum absolute atomic E-state index is 10.4. The number of nitrogens with two attached hydrogens (primary N) is 1. The van der Waals surface area contributed by atoms with Crippen LogP contribution in [0.2, 0.25) is 5.28 Å². The zero-order valence-corrected chi connectivity index (χ0v) is 7.53. The summed E-state index contributed by atoms with van der Waals surface area (Å²) in [5.74, 6) is -0.369. The van der Waals surface area contributed by atoms with Gasteiger partial charge in [0.1, 0.15) is 0 Å². The first-order chi connectivity index (χ1) is 6.18. The van der Waals surface area contributed by atoms with Crippen LogP contribution < -0.4 is 5.73 Å². The Morgan fingerprint density at radius 3 is 2.69 bits per heavy atom. The lowest BCUT2D eigenvalue weighted by Crippen LogP contribution is -2.07. The number of aromatic nitrogens is 2. The molecule has 0 aliphatic heterocycles. The molecule has 0 aromatic carbocycles. The molecule has 0 saturated heterocycles. The minimum absolute atomic E-state index is 0.201. The van der Waals surface area contributed by atoms with E-state index in [0.717, 1.165) is 5.56 Å². The monoisotopic (exact) mass is 197 g/mol. The fraction of sp³-hybridized carbons (Fsp3) is 0.125. The fourth-order valence-electron chi connectivity index (χ4n) is 0.719. The first kappa shape index (κ1) is 9.67. The number of halogens is 1. The van der Waals surface area contributed by atoms with Crippen LogP contribution in [0.5, 0.6) is 0 Å². The molecule has 0 aliphatic carbocycles. The van der Waals surface area contributed by atoms with E-state index >= 15 is 0 Å². The average Bonchev–Trinajstić information content (AvgIpc) is 2.08. The van der Waals surface area contributed by atoms with Gasteiger partial charge in [-0.1, -0.05) is 12.2 Å². The molecule has 0 fully saturated rings. The van der Waals surface area contributed by atoms with Gasteiger partial charge in [0.05, 0.1) is 0 Å². The zero-order valence-electron chi connectivity index (χ0n) is 6.77. The Labute approximate surface area is 80.4 Å². The Hall–Kier alpha value is -1.42. The van der Waals surface area contributed by atoms with Crippen molar-refractivity contribution in [2.45, 2.75) is 6.42 Å². The standard InChI is InChI=1S/C8H8ClN3O/c9-8-11-4-6(5-12-8)2-1-3-7(10)13/h1-2,4-5H,3H2,(H2,10,13). The SMILES string of the molecule is NC(=O)CC=Cc1cnc(Cl)nc1. The van der Waals surface area contributed by atoms with Crippen LogP contribution in [0.4, 0.5) is 0 Å². The summed E-state index contributed by atoms with van der Waals surface area (Å²) in [5.41, 5.74) is 5.72. The normalized spacial score (nSPS) is 10.5. The van der Waals surface area contributed by atoms with Crippen molar-refractivity contribution < 1.29 is 4.79 Å². The Balaban J connectivity index is 2.59. The number of carbonyl (C=O) groups is 1. The first-order valence-electron chi connectivity index (χ1n) is 3.61. The van der Waals surface area contributed by atoms with Crippen LogP contribution in [0.1, 0.15) is 12.0 Å². The molecule has 1 aromatic heterocycles. The molecule has 1 amide bonds. The number of amides is 1. The quantitative estimate of drug-likeness (QED) is 0.736. The van der Waals surface area contributed by atoms with E-state index in [1.807, 2.05) is 0 Å². The summed E-state index contributed by atoms with van der Waals surface area (Å²) in [6.45, 7) is 0. The summed E-state index contributed by atoms with van der Waals surface area (Å²) in [7, 11) is 0. The predicted octanol–water partition coefficient (Wildman–Crippen LogP) is 1.02. The van der Waals surface area contributed by atoms with Gasteiger partial charge in [-0.05, 0) is 11.6 Å². The van der Waals surface area contributed by atoms with E-state index in [2.05, 4.69) is 9.97 Å². The third-order valence-corrected chi connectivity index (χ3v) is 1.46. The minimum atomic E-state index is -0.369. The molecule has 1 aromatic rings. The zero-order chi connectivity index (χ0) is 9.68. The summed E-state index contributed by atoms with van der Waals surface area (Å²) >= 11 is 5.48. The molecule has 68 valence electrons. The van der Waals surface area contributed by atoms with Gasteiger partial charge < -0.3 is 5.73 Å². The molecule has 1 heterocycles. The van der Waals surface area contributed by atoms with Crippen molar-refractivity contribution in [3.63, 3.8) is 0 Å². The van der Waals surface area contributed by atoms with Crippen molar-refractivity contribution in [1.82, 2.24) is 9.97 Å². The molecule has 0 unspecified atom stereocenters.